The minimum Gasteiger partial charge on any atom is -0.480 e. The first-order valence-electron chi connectivity index (χ1n) is 13.4. The third-order valence-electron chi connectivity index (χ3n) is 7.11. The fraction of sp³-hybridized carbons (Fsp3) is 0.333. The Morgan fingerprint density at radius 3 is 1.76 bits per heavy atom. The summed E-state index contributed by atoms with van der Waals surface area (Å²) in [6.45, 7) is 1.06. The van der Waals surface area contributed by atoms with Crippen LogP contribution in [0, 0.1) is 5.92 Å². The van der Waals surface area contributed by atoms with E-state index in [2.05, 4.69) is 25.6 Å². The first-order valence-corrected chi connectivity index (χ1v) is 14.1. The number of nitrogens with one attached hydrogen (secondary N) is 2. The van der Waals surface area contributed by atoms with Crippen LogP contribution in [0.4, 0.5) is 0 Å². The Bertz CT molecular complexity index is 1530. The fourth-order valence-corrected chi connectivity index (χ4v) is 5.42. The molecular weight excluding hydrogens is 563 g/mol. The predicted octanol–water partition coefficient (Wildman–Crippen LogP) is 5.17. The van der Waals surface area contributed by atoms with E-state index in [1.54, 1.807) is 26.6 Å². The molecule has 1 saturated carbocycles. The highest BCUT2D eigenvalue weighted by Gasteiger charge is 2.30. The summed E-state index contributed by atoms with van der Waals surface area (Å²) in [4.78, 5) is 18.5. The van der Waals surface area contributed by atoms with E-state index in [0.29, 0.717) is 74.7 Å². The topological polar surface area (TPSA) is 114 Å². The summed E-state index contributed by atoms with van der Waals surface area (Å²) in [5.74, 6) is 1.35. The van der Waals surface area contributed by atoms with Crippen molar-refractivity contribution in [2.24, 2.45) is 5.92 Å². The van der Waals surface area contributed by atoms with E-state index < -0.39 is 0 Å². The molecular formula is C30H32Cl2N6O3. The molecule has 9 nitrogen and oxygen atoms in total. The predicted molar refractivity (Wildman–Crippen MR) is 160 cm³/mol. The lowest BCUT2D eigenvalue weighted by Gasteiger charge is -2.17. The number of aliphatic hydroxyl groups excluding tert-OH is 1. The molecule has 214 valence electrons. The van der Waals surface area contributed by atoms with Crippen molar-refractivity contribution in [1.29, 1.82) is 0 Å². The SMILES string of the molecule is CNCc1ncc(-c2cccc(-c3cccc(-c4cnc(CNC(CO)C5CC5)c(OC)n4)c3Cl)c2Cl)nc1OC. The van der Waals surface area contributed by atoms with Crippen LogP contribution in [0.5, 0.6) is 11.8 Å². The molecule has 0 saturated heterocycles. The molecule has 5 rings (SSSR count). The number of hydrogen-bond acceptors (Lipinski definition) is 9. The van der Waals surface area contributed by atoms with Gasteiger partial charge >= 0.3 is 0 Å². The van der Waals surface area contributed by atoms with Crippen molar-refractivity contribution in [3.63, 3.8) is 0 Å². The summed E-state index contributed by atoms with van der Waals surface area (Å²) in [5, 5.41) is 17.1. The molecule has 1 aliphatic rings. The summed E-state index contributed by atoms with van der Waals surface area (Å²) >= 11 is 13.9. The number of methoxy groups -OCH3 is 2. The quantitative estimate of drug-likeness (QED) is 0.204. The smallest absolute Gasteiger partial charge is 0.237 e. The van der Waals surface area contributed by atoms with Gasteiger partial charge in [-0.15, -0.1) is 0 Å². The van der Waals surface area contributed by atoms with Crippen LogP contribution in [-0.2, 0) is 13.1 Å². The van der Waals surface area contributed by atoms with Gasteiger partial charge in [0.1, 0.15) is 11.4 Å². The van der Waals surface area contributed by atoms with Gasteiger partial charge in [-0.05, 0) is 25.8 Å². The van der Waals surface area contributed by atoms with E-state index in [-0.39, 0.29) is 12.6 Å². The fourth-order valence-electron chi connectivity index (χ4n) is 4.77. The van der Waals surface area contributed by atoms with Gasteiger partial charge in [-0.1, -0.05) is 59.6 Å². The molecule has 2 heterocycles. The Labute approximate surface area is 249 Å². The second-order valence-corrected chi connectivity index (χ2v) is 10.6. The molecule has 1 atom stereocenters. The van der Waals surface area contributed by atoms with Crippen LogP contribution in [0.15, 0.2) is 48.8 Å². The van der Waals surface area contributed by atoms with E-state index in [1.807, 2.05) is 43.4 Å². The number of hydrogen-bond donors (Lipinski definition) is 3. The number of ether oxygens (including phenoxy) is 2. The van der Waals surface area contributed by atoms with Crippen molar-refractivity contribution in [1.82, 2.24) is 30.6 Å². The number of nitrogens with zero attached hydrogens (tertiary/aromatic N) is 4. The Hall–Kier alpha value is -3.34. The van der Waals surface area contributed by atoms with Gasteiger partial charge in [-0.25, -0.2) is 9.97 Å². The minimum atomic E-state index is 0.0474. The zero-order valence-electron chi connectivity index (χ0n) is 23.1. The largest absolute Gasteiger partial charge is 0.480 e. The number of aliphatic hydroxyl groups is 1. The molecule has 41 heavy (non-hydrogen) atoms. The van der Waals surface area contributed by atoms with Gasteiger partial charge in [0, 0.05) is 41.4 Å². The molecule has 4 aromatic rings. The molecule has 0 amide bonds. The standard InChI is InChI=1S/C30H32Cl2N6O3/c1-33-12-24-29(40-2)37-22(13-34-24)20-8-4-6-18(27(20)31)19-7-5-9-21(28(19)32)23-14-35-25(30(38-23)41-3)15-36-26(16-39)17-10-11-17/h4-9,13-14,17,26,33,36,39H,10-12,15-16H2,1-3H3. The van der Waals surface area contributed by atoms with Crippen LogP contribution in [0.25, 0.3) is 33.6 Å². The van der Waals surface area contributed by atoms with E-state index in [4.69, 9.17) is 37.7 Å². The van der Waals surface area contributed by atoms with Gasteiger partial charge in [-0.2, -0.15) is 0 Å². The number of benzene rings is 2. The molecule has 1 aliphatic carbocycles. The van der Waals surface area contributed by atoms with Crippen LogP contribution in [0.1, 0.15) is 24.2 Å². The van der Waals surface area contributed by atoms with E-state index in [0.717, 1.165) is 24.0 Å². The third-order valence-corrected chi connectivity index (χ3v) is 7.93. The number of aromatic nitrogens is 4. The molecule has 3 N–H and O–H groups in total. The average molecular weight is 596 g/mol. The summed E-state index contributed by atoms with van der Waals surface area (Å²) in [6, 6.07) is 11.5. The van der Waals surface area contributed by atoms with Crippen LogP contribution < -0.4 is 20.1 Å². The van der Waals surface area contributed by atoms with Crippen molar-refractivity contribution < 1.29 is 14.6 Å². The zero-order valence-corrected chi connectivity index (χ0v) is 24.6. The first kappa shape index (κ1) is 29.2. The lowest BCUT2D eigenvalue weighted by Crippen LogP contribution is -2.34. The molecule has 1 fully saturated rings. The third kappa shape index (κ3) is 6.29. The zero-order chi connectivity index (χ0) is 28.9. The summed E-state index contributed by atoms with van der Waals surface area (Å²) in [6.07, 6.45) is 5.63. The Morgan fingerprint density at radius 2 is 1.32 bits per heavy atom. The average Bonchev–Trinajstić information content (AvgIpc) is 3.84. The molecule has 0 radical (unpaired) electrons. The van der Waals surface area contributed by atoms with Gasteiger partial charge in [0.15, 0.2) is 0 Å². The number of rotatable bonds is 12. The van der Waals surface area contributed by atoms with E-state index in [1.165, 1.54) is 0 Å². The van der Waals surface area contributed by atoms with Crippen molar-refractivity contribution in [2.45, 2.75) is 32.0 Å². The van der Waals surface area contributed by atoms with Gasteiger partial charge < -0.3 is 25.2 Å². The molecule has 1 unspecified atom stereocenters. The van der Waals surface area contributed by atoms with E-state index in [9.17, 15) is 5.11 Å². The molecule has 0 bridgehead atoms. The summed E-state index contributed by atoms with van der Waals surface area (Å²) in [5.41, 5.74) is 5.41. The van der Waals surface area contributed by atoms with Gasteiger partial charge in [0.25, 0.3) is 0 Å². The van der Waals surface area contributed by atoms with Crippen molar-refractivity contribution in [2.75, 3.05) is 27.9 Å². The molecule has 2 aromatic carbocycles. The van der Waals surface area contributed by atoms with Crippen LogP contribution in [0.3, 0.4) is 0 Å². The van der Waals surface area contributed by atoms with Crippen molar-refractivity contribution in [3.05, 3.63) is 70.2 Å². The second kappa shape index (κ2) is 13.1. The maximum absolute atomic E-state index is 9.67. The van der Waals surface area contributed by atoms with Crippen LogP contribution in [-0.4, -0.2) is 59.0 Å². The molecule has 0 aliphatic heterocycles. The lowest BCUT2D eigenvalue weighted by molar-refractivity contribution is 0.226. The highest BCUT2D eigenvalue weighted by atomic mass is 35.5. The maximum atomic E-state index is 9.67. The Kier molecular flexibility index (Phi) is 9.32. The van der Waals surface area contributed by atoms with E-state index >= 15 is 0 Å². The minimum absolute atomic E-state index is 0.0474. The second-order valence-electron chi connectivity index (χ2n) is 9.79. The van der Waals surface area contributed by atoms with Gasteiger partial charge in [-0.3, -0.25) is 9.97 Å². The van der Waals surface area contributed by atoms with Crippen molar-refractivity contribution in [3.8, 4) is 45.4 Å². The summed E-state index contributed by atoms with van der Waals surface area (Å²) < 4.78 is 11.0. The van der Waals surface area contributed by atoms with Crippen molar-refractivity contribution >= 4 is 23.2 Å². The number of halogens is 2. The first-order chi connectivity index (χ1) is 20.0. The Balaban J connectivity index is 1.46. The van der Waals surface area contributed by atoms with Gasteiger partial charge in [0.2, 0.25) is 11.8 Å². The molecule has 0 spiro atoms. The lowest BCUT2D eigenvalue weighted by atomic mass is 9.98. The highest BCUT2D eigenvalue weighted by molar-refractivity contribution is 6.39. The monoisotopic (exact) mass is 594 g/mol. The van der Waals surface area contributed by atoms with Crippen LogP contribution in [0.2, 0.25) is 10.0 Å². The summed E-state index contributed by atoms with van der Waals surface area (Å²) in [7, 11) is 4.97. The normalized spacial score (nSPS) is 13.7. The maximum Gasteiger partial charge on any atom is 0.237 e. The van der Waals surface area contributed by atoms with Gasteiger partial charge in [0.05, 0.1) is 54.7 Å². The molecule has 11 heteroatoms. The highest BCUT2D eigenvalue weighted by Crippen LogP contribution is 2.42. The van der Waals surface area contributed by atoms with Crippen LogP contribution >= 0.6 is 23.2 Å². The Morgan fingerprint density at radius 1 is 0.829 bits per heavy atom. The molecule has 2 aromatic heterocycles.